The minimum Gasteiger partial charge on any atom is -0.466 e. The Balaban J connectivity index is 1.85. The average Bonchev–Trinajstić information content (AvgIpc) is 2.88. The fourth-order valence-electron chi connectivity index (χ4n) is 2.17. The van der Waals surface area contributed by atoms with Gasteiger partial charge in [-0.2, -0.15) is 0 Å². The van der Waals surface area contributed by atoms with Gasteiger partial charge < -0.3 is 9.64 Å². The summed E-state index contributed by atoms with van der Waals surface area (Å²) in [5.41, 5.74) is 1.23. The van der Waals surface area contributed by atoms with E-state index >= 15 is 0 Å². The number of hydrogen-bond donors (Lipinski definition) is 0. The lowest BCUT2D eigenvalue weighted by Gasteiger charge is -2.20. The number of esters is 1. The number of nitrogens with zero attached hydrogens (tertiary/aromatic N) is 1. The second-order valence-electron chi connectivity index (χ2n) is 4.73. The van der Waals surface area contributed by atoms with Crippen LogP contribution in [-0.2, 0) is 20.7 Å². The number of benzene rings is 1. The summed E-state index contributed by atoms with van der Waals surface area (Å²) in [6.45, 7) is 2.56. The van der Waals surface area contributed by atoms with E-state index in [4.69, 9.17) is 4.74 Å². The lowest BCUT2D eigenvalue weighted by molar-refractivity contribution is -0.143. The van der Waals surface area contributed by atoms with Crippen molar-refractivity contribution in [3.8, 4) is 0 Å². The molecule has 5 heteroatoms. The second-order valence-corrected chi connectivity index (χ2v) is 5.98. The van der Waals surface area contributed by atoms with Crippen LogP contribution in [0, 0.1) is 0 Å². The molecule has 0 aromatic heterocycles. The third kappa shape index (κ3) is 3.54. The Labute approximate surface area is 123 Å². The van der Waals surface area contributed by atoms with Gasteiger partial charge in [0.15, 0.2) is 0 Å². The molecule has 1 atom stereocenters. The van der Waals surface area contributed by atoms with Crippen LogP contribution < -0.4 is 0 Å². The van der Waals surface area contributed by atoms with E-state index in [1.807, 2.05) is 18.2 Å². The van der Waals surface area contributed by atoms with E-state index < -0.39 is 0 Å². The molecule has 0 N–H and O–H groups in total. The third-order valence-corrected chi connectivity index (χ3v) is 4.56. The zero-order valence-electron chi connectivity index (χ0n) is 11.8. The molecule has 1 unspecified atom stereocenters. The first-order valence-corrected chi connectivity index (χ1v) is 7.65. The summed E-state index contributed by atoms with van der Waals surface area (Å²) >= 11 is 1.61. The standard InChI is InChI=1S/C15H19NO3S/c1-3-19-14(17)8-9-16(2)15(18)13-10-11-6-4-5-7-12(11)20-13/h4-7,13H,3,8-10H2,1-2H3. The van der Waals surface area contributed by atoms with Crippen molar-refractivity contribution in [3.05, 3.63) is 29.8 Å². The average molecular weight is 293 g/mol. The van der Waals surface area contributed by atoms with Crippen molar-refractivity contribution in [1.29, 1.82) is 0 Å². The van der Waals surface area contributed by atoms with Gasteiger partial charge in [0, 0.05) is 18.5 Å². The molecule has 108 valence electrons. The maximum absolute atomic E-state index is 12.3. The predicted molar refractivity (Wildman–Crippen MR) is 78.7 cm³/mol. The molecule has 1 aliphatic rings. The van der Waals surface area contributed by atoms with Crippen molar-refractivity contribution in [1.82, 2.24) is 4.90 Å². The van der Waals surface area contributed by atoms with Gasteiger partial charge in [0.25, 0.3) is 0 Å². The number of rotatable bonds is 5. The van der Waals surface area contributed by atoms with Gasteiger partial charge in [0.2, 0.25) is 5.91 Å². The molecule has 1 aliphatic heterocycles. The van der Waals surface area contributed by atoms with E-state index in [0.29, 0.717) is 13.2 Å². The summed E-state index contributed by atoms with van der Waals surface area (Å²) in [5.74, 6) is -0.176. The third-order valence-electron chi connectivity index (χ3n) is 3.26. The highest BCUT2D eigenvalue weighted by Gasteiger charge is 2.30. The van der Waals surface area contributed by atoms with Crippen LogP contribution in [-0.4, -0.2) is 42.2 Å². The Bertz CT molecular complexity index is 479. The molecule has 2 rings (SSSR count). The molecule has 0 aliphatic carbocycles. The Morgan fingerprint density at radius 1 is 1.40 bits per heavy atom. The number of carbonyl (C=O) groups is 2. The van der Waals surface area contributed by atoms with Crippen LogP contribution in [0.3, 0.4) is 0 Å². The minimum absolute atomic E-state index is 0.0698. The Kier molecular flexibility index (Phi) is 5.06. The van der Waals surface area contributed by atoms with E-state index in [2.05, 4.69) is 6.07 Å². The number of thioether (sulfide) groups is 1. The first kappa shape index (κ1) is 14.9. The molecule has 1 amide bonds. The number of amides is 1. The summed E-state index contributed by atoms with van der Waals surface area (Å²) in [6.07, 6.45) is 1.02. The Morgan fingerprint density at radius 3 is 2.85 bits per heavy atom. The number of fused-ring (bicyclic) bond motifs is 1. The molecule has 0 fully saturated rings. The van der Waals surface area contributed by atoms with Crippen molar-refractivity contribution in [3.63, 3.8) is 0 Å². The molecular formula is C15H19NO3S. The highest BCUT2D eigenvalue weighted by molar-refractivity contribution is 8.01. The molecule has 0 radical (unpaired) electrons. The van der Waals surface area contributed by atoms with Gasteiger partial charge in [-0.1, -0.05) is 18.2 Å². The number of ether oxygens (including phenoxy) is 1. The SMILES string of the molecule is CCOC(=O)CCN(C)C(=O)C1Cc2ccccc2S1. The molecule has 1 heterocycles. The summed E-state index contributed by atoms with van der Waals surface area (Å²) in [5, 5.41) is -0.0698. The number of carbonyl (C=O) groups excluding carboxylic acids is 2. The van der Waals surface area contributed by atoms with Crippen molar-refractivity contribution in [2.45, 2.75) is 29.9 Å². The van der Waals surface area contributed by atoms with Gasteiger partial charge in [-0.15, -0.1) is 11.8 Å². The lowest BCUT2D eigenvalue weighted by Crippen LogP contribution is -2.36. The molecule has 1 aromatic rings. The second kappa shape index (κ2) is 6.79. The molecule has 1 aromatic carbocycles. The van der Waals surface area contributed by atoms with Crippen LogP contribution >= 0.6 is 11.8 Å². The summed E-state index contributed by atoms with van der Waals surface area (Å²) in [6, 6.07) is 8.10. The van der Waals surface area contributed by atoms with E-state index in [1.54, 1.807) is 30.6 Å². The normalized spacial score (nSPS) is 16.6. The van der Waals surface area contributed by atoms with Gasteiger partial charge in [-0.05, 0) is 25.0 Å². The molecule has 4 nitrogen and oxygen atoms in total. The number of hydrogen-bond acceptors (Lipinski definition) is 4. The maximum Gasteiger partial charge on any atom is 0.307 e. The van der Waals surface area contributed by atoms with Crippen LogP contribution in [0.5, 0.6) is 0 Å². The van der Waals surface area contributed by atoms with Gasteiger partial charge in [0.1, 0.15) is 0 Å². The van der Waals surface area contributed by atoms with Crippen molar-refractivity contribution >= 4 is 23.6 Å². The van der Waals surface area contributed by atoms with Gasteiger partial charge in [-0.25, -0.2) is 0 Å². The van der Waals surface area contributed by atoms with Gasteiger partial charge >= 0.3 is 5.97 Å². The van der Waals surface area contributed by atoms with E-state index in [9.17, 15) is 9.59 Å². The molecule has 20 heavy (non-hydrogen) atoms. The monoisotopic (exact) mass is 293 g/mol. The van der Waals surface area contributed by atoms with Crippen molar-refractivity contribution in [2.24, 2.45) is 0 Å². The minimum atomic E-state index is -0.255. The zero-order valence-corrected chi connectivity index (χ0v) is 12.6. The first-order valence-electron chi connectivity index (χ1n) is 6.77. The van der Waals surface area contributed by atoms with Crippen LogP contribution in [0.15, 0.2) is 29.2 Å². The summed E-state index contributed by atoms with van der Waals surface area (Å²) in [7, 11) is 1.74. The van der Waals surface area contributed by atoms with Crippen molar-refractivity contribution < 1.29 is 14.3 Å². The van der Waals surface area contributed by atoms with E-state index in [-0.39, 0.29) is 23.5 Å². The zero-order chi connectivity index (χ0) is 14.5. The highest BCUT2D eigenvalue weighted by atomic mass is 32.2. The van der Waals surface area contributed by atoms with Gasteiger partial charge in [0.05, 0.1) is 18.3 Å². The molecule has 0 spiro atoms. The van der Waals surface area contributed by atoms with E-state index in [0.717, 1.165) is 6.42 Å². The lowest BCUT2D eigenvalue weighted by atomic mass is 10.1. The Hall–Kier alpha value is -1.49. The molecule has 0 saturated heterocycles. The van der Waals surface area contributed by atoms with Crippen LogP contribution in [0.1, 0.15) is 18.9 Å². The van der Waals surface area contributed by atoms with Crippen molar-refractivity contribution in [2.75, 3.05) is 20.2 Å². The maximum atomic E-state index is 12.3. The fraction of sp³-hybridized carbons (Fsp3) is 0.467. The van der Waals surface area contributed by atoms with E-state index in [1.165, 1.54) is 10.5 Å². The molecule has 0 saturated carbocycles. The van der Waals surface area contributed by atoms with Crippen LogP contribution in [0.25, 0.3) is 0 Å². The first-order chi connectivity index (χ1) is 9.61. The topological polar surface area (TPSA) is 46.6 Å². The summed E-state index contributed by atoms with van der Waals surface area (Å²) in [4.78, 5) is 26.5. The quantitative estimate of drug-likeness (QED) is 0.780. The predicted octanol–water partition coefficient (Wildman–Crippen LogP) is 2.11. The fourth-order valence-corrected chi connectivity index (χ4v) is 3.48. The smallest absolute Gasteiger partial charge is 0.307 e. The van der Waals surface area contributed by atoms with Crippen LogP contribution in [0.2, 0.25) is 0 Å². The van der Waals surface area contributed by atoms with Crippen LogP contribution in [0.4, 0.5) is 0 Å². The summed E-state index contributed by atoms with van der Waals surface area (Å²) < 4.78 is 4.87. The highest BCUT2D eigenvalue weighted by Crippen LogP contribution is 2.37. The van der Waals surface area contributed by atoms with Gasteiger partial charge in [-0.3, -0.25) is 9.59 Å². The molecule has 0 bridgehead atoms. The largest absolute Gasteiger partial charge is 0.466 e. The Morgan fingerprint density at radius 2 is 2.15 bits per heavy atom. The molecular weight excluding hydrogens is 274 g/mol.